The second-order valence-corrected chi connectivity index (χ2v) is 6.15. The highest BCUT2D eigenvalue weighted by Gasteiger charge is 2.19. The number of halogens is 3. The third-order valence-corrected chi connectivity index (χ3v) is 3.27. The van der Waals surface area contributed by atoms with E-state index in [1.807, 2.05) is 0 Å². The lowest BCUT2D eigenvalue weighted by atomic mass is 10.1. The molecule has 84 valence electrons. The second-order valence-electron chi connectivity index (χ2n) is 3.00. The summed E-state index contributed by atoms with van der Waals surface area (Å²) < 4.78 is 34.7. The van der Waals surface area contributed by atoms with Crippen molar-refractivity contribution < 1.29 is 17.9 Å². The highest BCUT2D eigenvalue weighted by molar-refractivity contribution is 8.13. The Kier molecular flexibility index (Phi) is 3.48. The van der Waals surface area contributed by atoms with E-state index in [0.29, 0.717) is 5.56 Å². The zero-order valence-corrected chi connectivity index (χ0v) is 9.92. The van der Waals surface area contributed by atoms with Crippen LogP contribution in [-0.4, -0.2) is 13.5 Å². The Balaban J connectivity index is 3.40. The van der Waals surface area contributed by atoms with Gasteiger partial charge in [0.2, 0.25) is 9.05 Å². The molecular formula is C8H7Cl2FO3S. The average molecular weight is 273 g/mol. The van der Waals surface area contributed by atoms with Gasteiger partial charge < -0.3 is 5.11 Å². The topological polar surface area (TPSA) is 54.4 Å². The molecule has 0 heterocycles. The van der Waals surface area contributed by atoms with E-state index in [1.54, 1.807) is 0 Å². The third-order valence-electron chi connectivity index (χ3n) is 1.78. The zero-order valence-electron chi connectivity index (χ0n) is 7.59. The van der Waals surface area contributed by atoms with Crippen molar-refractivity contribution in [2.75, 3.05) is 0 Å². The van der Waals surface area contributed by atoms with Crippen LogP contribution in [-0.2, 0) is 14.8 Å². The van der Waals surface area contributed by atoms with Gasteiger partial charge in [0, 0.05) is 16.2 Å². The van der Waals surface area contributed by atoms with Crippen molar-refractivity contribution in [1.82, 2.24) is 0 Å². The summed E-state index contributed by atoms with van der Waals surface area (Å²) in [5.41, 5.74) is 0.117. The first kappa shape index (κ1) is 12.5. The van der Waals surface area contributed by atoms with Gasteiger partial charge in [-0.25, -0.2) is 12.8 Å². The van der Waals surface area contributed by atoms with Crippen molar-refractivity contribution in [1.29, 1.82) is 0 Å². The van der Waals surface area contributed by atoms with Gasteiger partial charge in [0.1, 0.15) is 0 Å². The lowest BCUT2D eigenvalue weighted by Crippen LogP contribution is -1.99. The molecule has 0 fully saturated rings. The summed E-state index contributed by atoms with van der Waals surface area (Å²) in [4.78, 5) is 0. The van der Waals surface area contributed by atoms with Crippen LogP contribution in [0.25, 0.3) is 0 Å². The molecule has 15 heavy (non-hydrogen) atoms. The molecule has 0 aliphatic rings. The van der Waals surface area contributed by atoms with E-state index in [9.17, 15) is 17.9 Å². The van der Waals surface area contributed by atoms with Gasteiger partial charge in [0.15, 0.2) is 11.6 Å². The van der Waals surface area contributed by atoms with Crippen molar-refractivity contribution in [3.8, 4) is 5.75 Å². The maximum absolute atomic E-state index is 13.0. The Labute approximate surface area is 95.9 Å². The van der Waals surface area contributed by atoms with E-state index in [4.69, 9.17) is 22.3 Å². The maximum Gasteiger partial charge on any atom is 0.236 e. The van der Waals surface area contributed by atoms with E-state index in [2.05, 4.69) is 0 Å². The quantitative estimate of drug-likeness (QED) is 0.842. The molecule has 7 heteroatoms. The molecule has 0 spiro atoms. The smallest absolute Gasteiger partial charge is 0.236 e. The molecule has 0 saturated carbocycles. The standard InChI is InChI=1S/C8H7Cl2FO3S/c1-4-2-6(11)8(12)5(7(4)9)3-15(10,13)14/h2,12H,3H2,1H3. The number of phenolic OH excluding ortho intramolecular Hbond substituents is 1. The fourth-order valence-electron chi connectivity index (χ4n) is 1.11. The van der Waals surface area contributed by atoms with Crippen molar-refractivity contribution >= 4 is 31.3 Å². The molecule has 0 aromatic heterocycles. The summed E-state index contributed by atoms with van der Waals surface area (Å²) in [5, 5.41) is 9.28. The summed E-state index contributed by atoms with van der Waals surface area (Å²) >= 11 is 5.73. The van der Waals surface area contributed by atoms with Crippen LogP contribution >= 0.6 is 22.3 Å². The van der Waals surface area contributed by atoms with Crippen molar-refractivity contribution in [3.05, 3.63) is 28.0 Å². The molecule has 1 rings (SSSR count). The number of hydrogen-bond donors (Lipinski definition) is 1. The fourth-order valence-corrected chi connectivity index (χ4v) is 2.36. The first-order chi connectivity index (χ1) is 6.72. The van der Waals surface area contributed by atoms with Crippen LogP contribution in [0.3, 0.4) is 0 Å². The molecule has 3 nitrogen and oxygen atoms in total. The van der Waals surface area contributed by atoms with Crippen molar-refractivity contribution in [3.63, 3.8) is 0 Å². The molecule has 1 N–H and O–H groups in total. The monoisotopic (exact) mass is 272 g/mol. The summed E-state index contributed by atoms with van der Waals surface area (Å²) in [5.74, 6) is -2.42. The van der Waals surface area contributed by atoms with Gasteiger partial charge in [-0.15, -0.1) is 0 Å². The minimum atomic E-state index is -3.89. The summed E-state index contributed by atoms with van der Waals surface area (Å²) in [7, 11) is 1.10. The Morgan fingerprint density at radius 1 is 1.53 bits per heavy atom. The number of benzene rings is 1. The highest BCUT2D eigenvalue weighted by atomic mass is 35.7. The minimum Gasteiger partial charge on any atom is -0.505 e. The van der Waals surface area contributed by atoms with Crippen LogP contribution in [0.15, 0.2) is 6.07 Å². The van der Waals surface area contributed by atoms with E-state index >= 15 is 0 Å². The van der Waals surface area contributed by atoms with Crippen LogP contribution < -0.4 is 0 Å². The zero-order chi connectivity index (χ0) is 11.8. The molecule has 0 aliphatic heterocycles. The van der Waals surface area contributed by atoms with Crippen molar-refractivity contribution in [2.24, 2.45) is 0 Å². The van der Waals surface area contributed by atoms with Gasteiger partial charge in [-0.3, -0.25) is 0 Å². The molecule has 1 aromatic rings. The number of aromatic hydroxyl groups is 1. The third kappa shape index (κ3) is 2.96. The van der Waals surface area contributed by atoms with Crippen LogP contribution in [0.4, 0.5) is 4.39 Å². The molecule has 0 atom stereocenters. The predicted octanol–water partition coefficient (Wildman–Crippen LogP) is 2.56. The SMILES string of the molecule is Cc1cc(F)c(O)c(CS(=O)(=O)Cl)c1Cl. The lowest BCUT2D eigenvalue weighted by molar-refractivity contribution is 0.427. The molecule has 0 bridgehead atoms. The summed E-state index contributed by atoms with van der Waals surface area (Å²) in [6, 6.07) is 1.02. The van der Waals surface area contributed by atoms with E-state index in [-0.39, 0.29) is 10.6 Å². The molecule has 0 amide bonds. The van der Waals surface area contributed by atoms with Gasteiger partial charge in [-0.2, -0.15) is 0 Å². The normalized spacial score (nSPS) is 11.7. The van der Waals surface area contributed by atoms with Gasteiger partial charge in [-0.05, 0) is 18.6 Å². The van der Waals surface area contributed by atoms with Gasteiger partial charge in [-0.1, -0.05) is 11.6 Å². The first-order valence-corrected chi connectivity index (χ1v) is 6.67. The second kappa shape index (κ2) is 4.15. The van der Waals surface area contributed by atoms with Crippen molar-refractivity contribution in [2.45, 2.75) is 12.7 Å². The summed E-state index contributed by atoms with van der Waals surface area (Å²) in [6.07, 6.45) is 0. The largest absolute Gasteiger partial charge is 0.505 e. The van der Waals surface area contributed by atoms with Gasteiger partial charge in [0.05, 0.1) is 10.8 Å². The summed E-state index contributed by atoms with van der Waals surface area (Å²) in [6.45, 7) is 1.50. The molecular weight excluding hydrogens is 266 g/mol. The Hall–Kier alpha value is -0.520. The van der Waals surface area contributed by atoms with Crippen LogP contribution in [0.2, 0.25) is 5.02 Å². The molecule has 1 aromatic carbocycles. The number of phenols is 1. The van der Waals surface area contributed by atoms with E-state index in [1.165, 1.54) is 6.92 Å². The average Bonchev–Trinajstić information content (AvgIpc) is 2.08. The van der Waals surface area contributed by atoms with Gasteiger partial charge >= 0.3 is 0 Å². The van der Waals surface area contributed by atoms with E-state index in [0.717, 1.165) is 6.07 Å². The first-order valence-electron chi connectivity index (χ1n) is 3.81. The maximum atomic E-state index is 13.0. The Morgan fingerprint density at radius 3 is 2.53 bits per heavy atom. The Morgan fingerprint density at radius 2 is 2.07 bits per heavy atom. The van der Waals surface area contributed by atoms with Crippen LogP contribution in [0.1, 0.15) is 11.1 Å². The van der Waals surface area contributed by atoms with E-state index < -0.39 is 26.4 Å². The molecule has 0 radical (unpaired) electrons. The fraction of sp³-hybridized carbons (Fsp3) is 0.250. The number of hydrogen-bond acceptors (Lipinski definition) is 3. The van der Waals surface area contributed by atoms with Gasteiger partial charge in [0.25, 0.3) is 0 Å². The lowest BCUT2D eigenvalue weighted by Gasteiger charge is -2.08. The highest BCUT2D eigenvalue weighted by Crippen LogP contribution is 2.33. The molecule has 0 unspecified atom stereocenters. The Bertz CT molecular complexity index is 473. The minimum absolute atomic E-state index is 0.00174. The molecule has 0 saturated heterocycles. The number of aryl methyl sites for hydroxylation is 1. The predicted molar refractivity (Wildman–Crippen MR) is 56.3 cm³/mol. The van der Waals surface area contributed by atoms with Crippen LogP contribution in [0.5, 0.6) is 5.75 Å². The molecule has 0 aliphatic carbocycles. The van der Waals surface area contributed by atoms with Crippen LogP contribution in [0, 0.1) is 12.7 Å². The number of rotatable bonds is 2.